The summed E-state index contributed by atoms with van der Waals surface area (Å²) in [4.78, 5) is 39.8. The summed E-state index contributed by atoms with van der Waals surface area (Å²) < 4.78 is 49.1. The van der Waals surface area contributed by atoms with E-state index in [-0.39, 0.29) is 42.0 Å². The lowest BCUT2D eigenvalue weighted by atomic mass is 10.0. The number of methoxy groups -OCH3 is 1. The van der Waals surface area contributed by atoms with Crippen LogP contribution in [0, 0.1) is 0 Å². The van der Waals surface area contributed by atoms with E-state index in [1.807, 2.05) is 12.1 Å². The standard InChI is InChI=1S/C48H96N2O6S.C27H47NO3/c1-6-10-13-16-21-28-36-45(9-4)55-47(51)39-31-24-19-26-33-41-50(43-35-44-57(53,54)49-5)42-34-27-20-25-32-40-48(52)56-46(37-29-22-17-14-11-7-2)38-30-23-18-15-12-8-3;1-4-6-7-8-10-13-16-25(5-2)31-27(29)17-14-11-9-12-15-22-28-23-24-18-20-26(30-3)21-19-24/h45-46,49H,6-44H2,1-5H3;18-21,25,28H,4-17,22-23H2,1-3H3. The average molecular weight is 1260 g/mol. The summed E-state index contributed by atoms with van der Waals surface area (Å²) in [5.41, 5.74) is 1.28. The van der Waals surface area contributed by atoms with E-state index in [1.165, 1.54) is 167 Å². The number of hydrogen-bond donors (Lipinski definition) is 2. The van der Waals surface area contributed by atoms with Gasteiger partial charge >= 0.3 is 17.9 Å². The van der Waals surface area contributed by atoms with Gasteiger partial charge in [0, 0.05) is 25.8 Å². The van der Waals surface area contributed by atoms with E-state index in [2.05, 4.69) is 68.6 Å². The number of benzene rings is 1. The van der Waals surface area contributed by atoms with Gasteiger partial charge in [-0.15, -0.1) is 0 Å². The molecular formula is C75H143N3O9S. The Morgan fingerprint density at radius 2 is 0.727 bits per heavy atom. The molecule has 0 bridgehead atoms. The fourth-order valence-corrected chi connectivity index (χ4v) is 12.2. The molecule has 2 N–H and O–H groups in total. The van der Waals surface area contributed by atoms with Gasteiger partial charge < -0.3 is 29.2 Å². The molecule has 0 aliphatic rings. The normalized spacial score (nSPS) is 12.3. The number of ether oxygens (including phenoxy) is 4. The van der Waals surface area contributed by atoms with Crippen LogP contribution in [0.25, 0.3) is 0 Å². The fourth-order valence-electron chi connectivity index (χ4n) is 11.5. The van der Waals surface area contributed by atoms with Crippen LogP contribution in [0.1, 0.15) is 362 Å². The van der Waals surface area contributed by atoms with Crippen molar-refractivity contribution in [2.75, 3.05) is 46.1 Å². The molecule has 0 saturated carbocycles. The van der Waals surface area contributed by atoms with Crippen LogP contribution in [-0.4, -0.2) is 95.6 Å². The van der Waals surface area contributed by atoms with Gasteiger partial charge in [0.2, 0.25) is 10.0 Å². The van der Waals surface area contributed by atoms with Gasteiger partial charge in [0.25, 0.3) is 0 Å². The van der Waals surface area contributed by atoms with Crippen molar-refractivity contribution in [3.8, 4) is 5.75 Å². The van der Waals surface area contributed by atoms with Crippen molar-refractivity contribution in [1.29, 1.82) is 0 Å². The van der Waals surface area contributed by atoms with Gasteiger partial charge in [-0.1, -0.05) is 240 Å². The number of carbonyl (C=O) groups excluding carboxylic acids is 3. The first kappa shape index (κ1) is 85.3. The number of nitrogens with zero attached hydrogens (tertiary/aromatic N) is 1. The van der Waals surface area contributed by atoms with Crippen molar-refractivity contribution >= 4 is 27.9 Å². The van der Waals surface area contributed by atoms with Gasteiger partial charge in [-0.3, -0.25) is 14.4 Å². The third kappa shape index (κ3) is 57.2. The maximum atomic E-state index is 12.8. The molecule has 0 heterocycles. The van der Waals surface area contributed by atoms with Crippen LogP contribution < -0.4 is 14.8 Å². The third-order valence-corrected chi connectivity index (χ3v) is 18.9. The minimum absolute atomic E-state index is 0.000934. The lowest BCUT2D eigenvalue weighted by Gasteiger charge is -2.22. The molecule has 0 aromatic heterocycles. The smallest absolute Gasteiger partial charge is 0.306 e. The molecule has 0 spiro atoms. The summed E-state index contributed by atoms with van der Waals surface area (Å²) in [7, 11) is -0.0258. The molecule has 0 saturated heterocycles. The molecule has 13 heteroatoms. The predicted molar refractivity (Wildman–Crippen MR) is 374 cm³/mol. The lowest BCUT2D eigenvalue weighted by molar-refractivity contribution is -0.150. The van der Waals surface area contributed by atoms with Crippen molar-refractivity contribution in [2.45, 2.75) is 381 Å². The van der Waals surface area contributed by atoms with Crippen LogP contribution in [0.2, 0.25) is 0 Å². The second-order valence-corrected chi connectivity index (χ2v) is 27.7. The van der Waals surface area contributed by atoms with Gasteiger partial charge in [0.1, 0.15) is 24.1 Å². The highest BCUT2D eigenvalue weighted by atomic mass is 32.2. The average Bonchev–Trinajstić information content (AvgIpc) is 3.56. The Kier molecular flexibility index (Phi) is 62.4. The maximum Gasteiger partial charge on any atom is 0.306 e. The number of unbranched alkanes of at least 4 members (excludes halogenated alkanes) is 32. The van der Waals surface area contributed by atoms with Crippen LogP contribution in [0.15, 0.2) is 24.3 Å². The monoisotopic (exact) mass is 1260 g/mol. The van der Waals surface area contributed by atoms with E-state index in [1.54, 1.807) is 7.11 Å². The molecule has 1 rings (SSSR count). The third-order valence-electron chi connectivity index (χ3n) is 17.5. The molecule has 518 valence electrons. The van der Waals surface area contributed by atoms with Gasteiger partial charge in [-0.05, 0) is 160 Å². The second kappa shape index (κ2) is 64.4. The number of carbonyl (C=O) groups is 3. The quantitative estimate of drug-likeness (QED) is 0.0365. The van der Waals surface area contributed by atoms with E-state index < -0.39 is 10.0 Å². The zero-order valence-electron chi connectivity index (χ0n) is 59.0. The van der Waals surface area contributed by atoms with Crippen molar-refractivity contribution < 1.29 is 41.7 Å². The van der Waals surface area contributed by atoms with Crippen molar-refractivity contribution in [1.82, 2.24) is 14.9 Å². The maximum absolute atomic E-state index is 12.8. The van der Waals surface area contributed by atoms with E-state index in [9.17, 15) is 22.8 Å². The van der Waals surface area contributed by atoms with Gasteiger partial charge in [0.05, 0.1) is 12.9 Å². The Morgan fingerprint density at radius 1 is 0.409 bits per heavy atom. The minimum atomic E-state index is -3.20. The van der Waals surface area contributed by atoms with E-state index in [4.69, 9.17) is 18.9 Å². The molecule has 0 aliphatic heterocycles. The highest BCUT2D eigenvalue weighted by Gasteiger charge is 2.17. The van der Waals surface area contributed by atoms with Gasteiger partial charge in [0.15, 0.2) is 0 Å². The number of esters is 3. The number of hydrogen-bond acceptors (Lipinski definition) is 11. The molecule has 0 radical (unpaired) electrons. The van der Waals surface area contributed by atoms with Gasteiger partial charge in [-0.2, -0.15) is 0 Å². The summed E-state index contributed by atoms with van der Waals surface area (Å²) >= 11 is 0. The van der Waals surface area contributed by atoms with Crippen LogP contribution in [0.5, 0.6) is 5.75 Å². The lowest BCUT2D eigenvalue weighted by Crippen LogP contribution is -2.30. The van der Waals surface area contributed by atoms with Crippen LogP contribution in [0.3, 0.4) is 0 Å². The SMILES string of the molecule is CCCCCCCCC(CC)OC(=O)CCCCCCCN(CCCCCCCC(=O)OC(CCCCCCCC)CCCCCCCC)CCCS(=O)(=O)NC.CCCCCCCCC(CC)OC(=O)CCCCCCCNCc1ccc(OC)cc1. The largest absolute Gasteiger partial charge is 0.497 e. The van der Waals surface area contributed by atoms with E-state index in [0.29, 0.717) is 25.7 Å². The Bertz CT molecular complexity index is 1770. The number of rotatable bonds is 65. The zero-order valence-corrected chi connectivity index (χ0v) is 59.8. The van der Waals surface area contributed by atoms with Gasteiger partial charge in [-0.25, -0.2) is 13.1 Å². The predicted octanol–water partition coefficient (Wildman–Crippen LogP) is 20.6. The van der Waals surface area contributed by atoms with Crippen LogP contribution >= 0.6 is 0 Å². The first-order valence-corrected chi connectivity index (χ1v) is 39.1. The molecule has 12 nitrogen and oxygen atoms in total. The van der Waals surface area contributed by atoms with E-state index >= 15 is 0 Å². The Morgan fingerprint density at radius 3 is 1.09 bits per heavy atom. The Labute approximate surface area is 544 Å². The van der Waals surface area contributed by atoms with E-state index in [0.717, 1.165) is 173 Å². The van der Waals surface area contributed by atoms with Crippen molar-refractivity contribution in [3.63, 3.8) is 0 Å². The molecule has 2 unspecified atom stereocenters. The topological polar surface area (TPSA) is 150 Å². The van der Waals surface area contributed by atoms with Crippen LogP contribution in [-0.2, 0) is 45.2 Å². The first-order valence-electron chi connectivity index (χ1n) is 37.5. The summed E-state index contributed by atoms with van der Waals surface area (Å²) in [5.74, 6) is 1.00. The molecule has 1 aromatic carbocycles. The number of sulfonamides is 1. The Hall–Kier alpha value is -2.74. The molecule has 1 aromatic rings. The highest BCUT2D eigenvalue weighted by molar-refractivity contribution is 7.89. The summed E-state index contributed by atoms with van der Waals surface area (Å²) in [6.45, 7) is 17.9. The summed E-state index contributed by atoms with van der Waals surface area (Å²) in [6, 6.07) is 8.20. The fraction of sp³-hybridized carbons (Fsp3) is 0.880. The Balaban J connectivity index is 0.00000204. The summed E-state index contributed by atoms with van der Waals surface area (Å²) in [5, 5.41) is 3.49. The minimum Gasteiger partial charge on any atom is -0.497 e. The molecule has 0 amide bonds. The molecule has 0 fully saturated rings. The summed E-state index contributed by atoms with van der Waals surface area (Å²) in [6.07, 6.45) is 55.0. The number of nitrogens with one attached hydrogen (secondary N) is 2. The molecule has 88 heavy (non-hydrogen) atoms. The molecular weight excluding hydrogens is 1120 g/mol. The van der Waals surface area contributed by atoms with Crippen LogP contribution in [0.4, 0.5) is 0 Å². The molecule has 2 atom stereocenters. The van der Waals surface area contributed by atoms with Crippen molar-refractivity contribution in [2.24, 2.45) is 0 Å². The first-order chi connectivity index (χ1) is 42.9. The molecule has 0 aliphatic carbocycles. The van der Waals surface area contributed by atoms with Crippen molar-refractivity contribution in [3.05, 3.63) is 29.8 Å². The highest BCUT2D eigenvalue weighted by Crippen LogP contribution is 2.21. The second-order valence-electron chi connectivity index (χ2n) is 25.7. The zero-order chi connectivity index (χ0) is 64.7.